The lowest BCUT2D eigenvalue weighted by Crippen LogP contribution is -2.47. The predicted octanol–water partition coefficient (Wildman–Crippen LogP) is 1.96. The van der Waals surface area contributed by atoms with Crippen molar-refractivity contribution in [3.8, 4) is 0 Å². The number of amides is 2. The largest absolute Gasteiger partial charge is 0.392 e. The van der Waals surface area contributed by atoms with E-state index in [0.29, 0.717) is 24.1 Å². The van der Waals surface area contributed by atoms with Crippen LogP contribution in [0.3, 0.4) is 0 Å². The van der Waals surface area contributed by atoms with E-state index in [1.54, 1.807) is 24.3 Å². The number of nitrogens with two attached hydrogens (primary N) is 2. The van der Waals surface area contributed by atoms with Gasteiger partial charge in [0.15, 0.2) is 0 Å². The Morgan fingerprint density at radius 2 is 1.62 bits per heavy atom. The molecule has 0 aliphatic heterocycles. The topological polar surface area (TPSA) is 98.2 Å². The summed E-state index contributed by atoms with van der Waals surface area (Å²) in [5.74, 6) is -0.665. The normalized spacial score (nSPS) is 17.0. The number of carbonyl (C=O) groups excluding carboxylic acids is 2. The summed E-state index contributed by atoms with van der Waals surface area (Å²) in [4.78, 5) is 23.9. The minimum Gasteiger partial charge on any atom is -0.392 e. The van der Waals surface area contributed by atoms with Crippen molar-refractivity contribution in [2.45, 2.75) is 32.1 Å². The summed E-state index contributed by atoms with van der Waals surface area (Å²) < 4.78 is 0. The van der Waals surface area contributed by atoms with Crippen LogP contribution in [0.5, 0.6) is 0 Å². The number of thiocarbonyl (C=S) groups is 1. The molecule has 0 heterocycles. The number of carbonyl (C=O) groups is 2. The fourth-order valence-corrected chi connectivity index (χ4v) is 3.01. The molecular weight excluding hydrogens is 286 g/mol. The summed E-state index contributed by atoms with van der Waals surface area (Å²) in [6, 6.07) is 6.45. The molecule has 21 heavy (non-hydrogen) atoms. The van der Waals surface area contributed by atoms with Crippen LogP contribution in [0.25, 0.3) is 0 Å². The quantitative estimate of drug-likeness (QED) is 0.741. The van der Waals surface area contributed by atoms with Gasteiger partial charge < -0.3 is 16.8 Å². The Balaban J connectivity index is 2.15. The first-order valence-corrected chi connectivity index (χ1v) is 7.38. The van der Waals surface area contributed by atoms with E-state index in [1.165, 1.54) is 0 Å². The molecule has 2 amide bonds. The predicted molar refractivity (Wildman–Crippen MR) is 85.9 cm³/mol. The van der Waals surface area contributed by atoms with E-state index in [1.807, 2.05) is 0 Å². The molecule has 112 valence electrons. The standard InChI is InChI=1S/C15H19N3O2S/c16-12(19)10-4-6-11(7-5-10)18-14(20)15(13(17)21)8-2-1-3-9-15/h4-7H,1-3,8-9H2,(H2,16,19)(H2,17,21)(H,18,20). The molecule has 6 heteroatoms. The highest BCUT2D eigenvalue weighted by Gasteiger charge is 2.42. The van der Waals surface area contributed by atoms with Gasteiger partial charge in [0, 0.05) is 11.3 Å². The van der Waals surface area contributed by atoms with Crippen molar-refractivity contribution in [1.29, 1.82) is 0 Å². The highest BCUT2D eigenvalue weighted by Crippen LogP contribution is 2.37. The van der Waals surface area contributed by atoms with Crippen molar-refractivity contribution in [2.75, 3.05) is 5.32 Å². The molecule has 5 N–H and O–H groups in total. The van der Waals surface area contributed by atoms with Gasteiger partial charge in [-0.15, -0.1) is 0 Å². The molecular formula is C15H19N3O2S. The monoisotopic (exact) mass is 305 g/mol. The molecule has 0 bridgehead atoms. The molecule has 0 atom stereocenters. The summed E-state index contributed by atoms with van der Waals surface area (Å²) >= 11 is 5.13. The third-order valence-electron chi connectivity index (χ3n) is 4.04. The van der Waals surface area contributed by atoms with E-state index in [0.717, 1.165) is 19.3 Å². The molecule has 1 saturated carbocycles. The maximum absolute atomic E-state index is 12.6. The first-order chi connectivity index (χ1) is 9.95. The molecule has 0 unspecified atom stereocenters. The third-order valence-corrected chi connectivity index (χ3v) is 4.43. The zero-order valence-corrected chi connectivity index (χ0v) is 12.5. The van der Waals surface area contributed by atoms with Crippen molar-refractivity contribution in [2.24, 2.45) is 16.9 Å². The Morgan fingerprint density at radius 3 is 2.10 bits per heavy atom. The van der Waals surface area contributed by atoms with Gasteiger partial charge in [-0.2, -0.15) is 0 Å². The zero-order chi connectivity index (χ0) is 15.5. The van der Waals surface area contributed by atoms with Crippen molar-refractivity contribution in [1.82, 2.24) is 0 Å². The Hall–Kier alpha value is -1.95. The minimum absolute atomic E-state index is 0.165. The summed E-state index contributed by atoms with van der Waals surface area (Å²) in [6.45, 7) is 0. The maximum atomic E-state index is 12.6. The van der Waals surface area contributed by atoms with Crippen LogP contribution in [0.4, 0.5) is 5.69 Å². The summed E-state index contributed by atoms with van der Waals surface area (Å²) in [6.07, 6.45) is 4.38. The lowest BCUT2D eigenvalue weighted by Gasteiger charge is -2.34. The van der Waals surface area contributed by atoms with Gasteiger partial charge in [0.05, 0.1) is 10.4 Å². The van der Waals surface area contributed by atoms with Crippen molar-refractivity contribution in [3.63, 3.8) is 0 Å². The second-order valence-electron chi connectivity index (χ2n) is 5.40. The lowest BCUT2D eigenvalue weighted by atomic mass is 9.73. The van der Waals surface area contributed by atoms with E-state index in [9.17, 15) is 9.59 Å². The van der Waals surface area contributed by atoms with Gasteiger partial charge in [-0.05, 0) is 37.1 Å². The van der Waals surface area contributed by atoms with Crippen LogP contribution in [0.15, 0.2) is 24.3 Å². The molecule has 0 spiro atoms. The van der Waals surface area contributed by atoms with Gasteiger partial charge in [0.2, 0.25) is 11.8 Å². The Morgan fingerprint density at radius 1 is 1.05 bits per heavy atom. The minimum atomic E-state index is -0.754. The average molecular weight is 305 g/mol. The summed E-state index contributed by atoms with van der Waals surface area (Å²) in [5, 5.41) is 2.84. The van der Waals surface area contributed by atoms with Gasteiger partial charge in [0.1, 0.15) is 0 Å². The lowest BCUT2D eigenvalue weighted by molar-refractivity contribution is -0.123. The first-order valence-electron chi connectivity index (χ1n) is 6.97. The van der Waals surface area contributed by atoms with Crippen molar-refractivity contribution < 1.29 is 9.59 Å². The Kier molecular flexibility index (Phi) is 4.57. The second kappa shape index (κ2) is 6.22. The highest BCUT2D eigenvalue weighted by atomic mass is 32.1. The van der Waals surface area contributed by atoms with Crippen LogP contribution in [0, 0.1) is 5.41 Å². The molecule has 2 rings (SSSR count). The molecule has 1 aliphatic rings. The molecule has 0 radical (unpaired) electrons. The van der Waals surface area contributed by atoms with Crippen LogP contribution in [0.2, 0.25) is 0 Å². The molecule has 1 aliphatic carbocycles. The van der Waals surface area contributed by atoms with Gasteiger partial charge in [-0.3, -0.25) is 9.59 Å². The van der Waals surface area contributed by atoms with Crippen LogP contribution >= 0.6 is 12.2 Å². The van der Waals surface area contributed by atoms with E-state index in [2.05, 4.69) is 5.32 Å². The fourth-order valence-electron chi connectivity index (χ4n) is 2.71. The number of benzene rings is 1. The fraction of sp³-hybridized carbons (Fsp3) is 0.400. The van der Waals surface area contributed by atoms with Gasteiger partial charge in [-0.1, -0.05) is 31.5 Å². The summed E-state index contributed by atoms with van der Waals surface area (Å²) in [7, 11) is 0. The van der Waals surface area contributed by atoms with Gasteiger partial charge in [-0.25, -0.2) is 0 Å². The molecule has 5 nitrogen and oxygen atoms in total. The Labute approximate surface area is 129 Å². The maximum Gasteiger partial charge on any atom is 0.248 e. The zero-order valence-electron chi connectivity index (χ0n) is 11.7. The second-order valence-corrected chi connectivity index (χ2v) is 5.84. The van der Waals surface area contributed by atoms with E-state index in [4.69, 9.17) is 23.7 Å². The van der Waals surface area contributed by atoms with Crippen LogP contribution in [-0.2, 0) is 4.79 Å². The highest BCUT2D eigenvalue weighted by molar-refractivity contribution is 7.80. The molecule has 1 aromatic carbocycles. The van der Waals surface area contributed by atoms with Crippen LogP contribution < -0.4 is 16.8 Å². The number of hydrogen-bond donors (Lipinski definition) is 3. The number of rotatable bonds is 4. The molecule has 0 saturated heterocycles. The van der Waals surface area contributed by atoms with Gasteiger partial charge >= 0.3 is 0 Å². The van der Waals surface area contributed by atoms with Crippen LogP contribution in [-0.4, -0.2) is 16.8 Å². The Bertz CT molecular complexity index is 563. The summed E-state index contributed by atoms with van der Waals surface area (Å²) in [5.41, 5.74) is 11.3. The average Bonchev–Trinajstić information content (AvgIpc) is 2.48. The number of nitrogens with one attached hydrogen (secondary N) is 1. The van der Waals surface area contributed by atoms with E-state index < -0.39 is 11.3 Å². The smallest absolute Gasteiger partial charge is 0.248 e. The number of hydrogen-bond acceptors (Lipinski definition) is 3. The number of primary amides is 1. The van der Waals surface area contributed by atoms with Crippen LogP contribution in [0.1, 0.15) is 42.5 Å². The molecule has 1 fully saturated rings. The number of anilines is 1. The van der Waals surface area contributed by atoms with E-state index >= 15 is 0 Å². The molecule has 1 aromatic rings. The SMILES string of the molecule is NC(=O)c1ccc(NC(=O)C2(C(N)=S)CCCCC2)cc1. The molecule has 0 aromatic heterocycles. The first kappa shape index (κ1) is 15.4. The van der Waals surface area contributed by atoms with Crippen molar-refractivity contribution >= 4 is 34.7 Å². The van der Waals surface area contributed by atoms with E-state index in [-0.39, 0.29) is 10.9 Å². The third kappa shape index (κ3) is 3.21. The van der Waals surface area contributed by atoms with Gasteiger partial charge in [0.25, 0.3) is 0 Å². The van der Waals surface area contributed by atoms with Crippen molar-refractivity contribution in [3.05, 3.63) is 29.8 Å².